The average molecular weight is 334 g/mol. The van der Waals surface area contributed by atoms with Crippen molar-refractivity contribution in [1.29, 1.82) is 0 Å². The highest BCUT2D eigenvalue weighted by Crippen LogP contribution is 2.34. The molecule has 2 saturated heterocycles. The van der Waals surface area contributed by atoms with Crippen LogP contribution in [0, 0.1) is 11.7 Å². The van der Waals surface area contributed by atoms with E-state index in [2.05, 4.69) is 4.98 Å². The number of piperidine rings is 1. The van der Waals surface area contributed by atoms with Crippen LogP contribution >= 0.6 is 0 Å². The molecule has 2 aliphatic heterocycles. The van der Waals surface area contributed by atoms with E-state index in [0.717, 1.165) is 32.4 Å². The minimum absolute atomic E-state index is 0.0225. The molecule has 0 saturated carbocycles. The maximum absolute atomic E-state index is 13.7. The highest BCUT2D eigenvalue weighted by atomic mass is 19.1. The fraction of sp³-hybridized carbons (Fsp3) is 0.529. The lowest BCUT2D eigenvalue weighted by Gasteiger charge is -2.33. The van der Waals surface area contributed by atoms with Gasteiger partial charge in [-0.15, -0.1) is 0 Å². The lowest BCUT2D eigenvalue weighted by molar-refractivity contribution is -0.150. The minimum Gasteiger partial charge on any atom is -0.479 e. The zero-order valence-corrected chi connectivity index (χ0v) is 13.2. The van der Waals surface area contributed by atoms with Crippen molar-refractivity contribution in [3.8, 4) is 0 Å². The molecule has 4 rings (SSSR count). The standard InChI is InChI=1S/C17H19FN2O4/c18-11-2-1-3-13-15(11)19-17(24-13)20-8-6-10(7-9-20)12-4-5-14(23-12)16(21)22/h1-3,10,12,14H,4-9H2,(H,21,22)/t12-,14+/m0/s1. The normalized spacial score (nSPS) is 25.5. The smallest absolute Gasteiger partial charge is 0.332 e. The van der Waals surface area contributed by atoms with Gasteiger partial charge in [0.1, 0.15) is 5.52 Å². The number of nitrogens with zero attached hydrogens (tertiary/aromatic N) is 2. The van der Waals surface area contributed by atoms with Gasteiger partial charge in [-0.05, 0) is 43.7 Å². The van der Waals surface area contributed by atoms with Crippen molar-refractivity contribution in [2.24, 2.45) is 5.92 Å². The highest BCUT2D eigenvalue weighted by Gasteiger charge is 2.37. The molecule has 7 heteroatoms. The maximum Gasteiger partial charge on any atom is 0.332 e. The van der Waals surface area contributed by atoms with Gasteiger partial charge in [-0.25, -0.2) is 9.18 Å². The second kappa shape index (κ2) is 6.05. The number of fused-ring (bicyclic) bond motifs is 1. The fourth-order valence-corrected chi connectivity index (χ4v) is 3.69. The zero-order valence-electron chi connectivity index (χ0n) is 13.2. The molecular weight excluding hydrogens is 315 g/mol. The van der Waals surface area contributed by atoms with Crippen LogP contribution in [0.4, 0.5) is 10.4 Å². The van der Waals surface area contributed by atoms with Crippen LogP contribution in [-0.4, -0.2) is 41.4 Å². The Bertz CT molecular complexity index is 754. The Balaban J connectivity index is 1.40. The molecule has 6 nitrogen and oxygen atoms in total. The molecule has 0 radical (unpaired) electrons. The maximum atomic E-state index is 13.7. The summed E-state index contributed by atoms with van der Waals surface area (Å²) < 4.78 is 25.1. The van der Waals surface area contributed by atoms with E-state index in [-0.39, 0.29) is 17.4 Å². The number of anilines is 1. The van der Waals surface area contributed by atoms with Gasteiger partial charge in [0.15, 0.2) is 17.5 Å². The van der Waals surface area contributed by atoms with Gasteiger partial charge < -0.3 is 19.2 Å². The predicted molar refractivity (Wildman–Crippen MR) is 84.4 cm³/mol. The van der Waals surface area contributed by atoms with Crippen LogP contribution < -0.4 is 4.90 Å². The Morgan fingerprint density at radius 1 is 1.25 bits per heavy atom. The van der Waals surface area contributed by atoms with Crippen molar-refractivity contribution in [1.82, 2.24) is 4.98 Å². The van der Waals surface area contributed by atoms with Gasteiger partial charge in [0.05, 0.1) is 6.10 Å². The minimum atomic E-state index is -0.872. The lowest BCUT2D eigenvalue weighted by atomic mass is 9.90. The van der Waals surface area contributed by atoms with Gasteiger partial charge in [0, 0.05) is 13.1 Å². The first-order valence-corrected chi connectivity index (χ1v) is 8.30. The largest absolute Gasteiger partial charge is 0.479 e. The van der Waals surface area contributed by atoms with E-state index in [9.17, 15) is 9.18 Å². The average Bonchev–Trinajstić information content (AvgIpc) is 3.23. The van der Waals surface area contributed by atoms with E-state index >= 15 is 0 Å². The number of para-hydroxylation sites is 1. The number of hydrogen-bond donors (Lipinski definition) is 1. The summed E-state index contributed by atoms with van der Waals surface area (Å²) >= 11 is 0. The molecular formula is C17H19FN2O4. The number of carbonyl (C=O) groups is 1. The first kappa shape index (κ1) is 15.4. The number of aliphatic carboxylic acids is 1. The zero-order chi connectivity index (χ0) is 16.7. The van der Waals surface area contributed by atoms with Crippen LogP contribution in [0.25, 0.3) is 11.1 Å². The third-order valence-corrected chi connectivity index (χ3v) is 5.02. The van der Waals surface area contributed by atoms with Crippen LogP contribution in [-0.2, 0) is 9.53 Å². The highest BCUT2D eigenvalue weighted by molar-refractivity contribution is 5.75. The van der Waals surface area contributed by atoms with E-state index < -0.39 is 12.1 Å². The Labute approximate surface area is 138 Å². The van der Waals surface area contributed by atoms with Crippen molar-refractivity contribution in [3.63, 3.8) is 0 Å². The summed E-state index contributed by atoms with van der Waals surface area (Å²) in [4.78, 5) is 17.3. The molecule has 0 spiro atoms. The quantitative estimate of drug-likeness (QED) is 0.930. The van der Waals surface area contributed by atoms with E-state index in [1.165, 1.54) is 6.07 Å². The topological polar surface area (TPSA) is 75.8 Å². The first-order valence-electron chi connectivity index (χ1n) is 8.30. The molecule has 0 amide bonds. The summed E-state index contributed by atoms with van der Waals surface area (Å²) in [6, 6.07) is 5.14. The Hall–Kier alpha value is -2.15. The Morgan fingerprint density at radius 3 is 2.71 bits per heavy atom. The van der Waals surface area contributed by atoms with E-state index in [0.29, 0.717) is 23.9 Å². The molecule has 0 bridgehead atoms. The predicted octanol–water partition coefficient (Wildman–Crippen LogP) is 2.82. The first-order chi connectivity index (χ1) is 11.6. The summed E-state index contributed by atoms with van der Waals surface area (Å²) in [6.45, 7) is 1.49. The SMILES string of the molecule is O=C(O)[C@H]1CC[C@@H](C2CCN(c3nc4c(F)cccc4o3)CC2)O1. The van der Waals surface area contributed by atoms with Gasteiger partial charge in [-0.2, -0.15) is 4.98 Å². The van der Waals surface area contributed by atoms with Crippen LogP contribution in [0.15, 0.2) is 22.6 Å². The Kier molecular flexibility index (Phi) is 3.88. The number of carboxylic acids is 1. The van der Waals surface area contributed by atoms with Gasteiger partial charge in [-0.3, -0.25) is 0 Å². The van der Waals surface area contributed by atoms with E-state index in [1.807, 2.05) is 4.90 Å². The molecule has 1 aromatic carbocycles. The summed E-state index contributed by atoms with van der Waals surface area (Å²) in [5.74, 6) is -0.897. The molecule has 2 atom stereocenters. The van der Waals surface area contributed by atoms with E-state index in [1.54, 1.807) is 12.1 Å². The summed E-state index contributed by atoms with van der Waals surface area (Å²) in [5.41, 5.74) is 0.716. The molecule has 3 heterocycles. The van der Waals surface area contributed by atoms with Gasteiger partial charge in [0.25, 0.3) is 6.01 Å². The number of aromatic nitrogens is 1. The molecule has 0 unspecified atom stereocenters. The number of carboxylic acid groups (broad SMARTS) is 1. The fourth-order valence-electron chi connectivity index (χ4n) is 3.69. The monoisotopic (exact) mass is 334 g/mol. The van der Waals surface area contributed by atoms with Crippen LogP contribution in [0.1, 0.15) is 25.7 Å². The third kappa shape index (κ3) is 2.73. The summed E-state index contributed by atoms with van der Waals surface area (Å²) in [6.07, 6.45) is 2.53. The summed E-state index contributed by atoms with van der Waals surface area (Å²) in [5, 5.41) is 9.03. The third-order valence-electron chi connectivity index (χ3n) is 5.02. The van der Waals surface area contributed by atoms with Crippen LogP contribution in [0.2, 0.25) is 0 Å². The second-order valence-corrected chi connectivity index (χ2v) is 6.49. The van der Waals surface area contributed by atoms with Crippen molar-refractivity contribution in [2.45, 2.75) is 37.9 Å². The van der Waals surface area contributed by atoms with Crippen LogP contribution in [0.3, 0.4) is 0 Å². The van der Waals surface area contributed by atoms with Crippen molar-refractivity contribution < 1.29 is 23.4 Å². The second-order valence-electron chi connectivity index (χ2n) is 6.49. The van der Waals surface area contributed by atoms with Gasteiger partial charge in [-0.1, -0.05) is 6.07 Å². The van der Waals surface area contributed by atoms with Crippen molar-refractivity contribution in [2.75, 3.05) is 18.0 Å². The lowest BCUT2D eigenvalue weighted by Crippen LogP contribution is -2.38. The molecule has 1 N–H and O–H groups in total. The molecule has 1 aromatic heterocycles. The number of rotatable bonds is 3. The van der Waals surface area contributed by atoms with Gasteiger partial charge in [0.2, 0.25) is 0 Å². The van der Waals surface area contributed by atoms with Crippen molar-refractivity contribution >= 4 is 23.1 Å². The number of oxazole rings is 1. The van der Waals surface area contributed by atoms with E-state index in [4.69, 9.17) is 14.3 Å². The molecule has 24 heavy (non-hydrogen) atoms. The van der Waals surface area contributed by atoms with Crippen LogP contribution in [0.5, 0.6) is 0 Å². The number of hydrogen-bond acceptors (Lipinski definition) is 5. The number of ether oxygens (including phenoxy) is 1. The molecule has 0 aliphatic carbocycles. The molecule has 2 aliphatic rings. The van der Waals surface area contributed by atoms with Gasteiger partial charge >= 0.3 is 5.97 Å². The van der Waals surface area contributed by atoms with Crippen molar-refractivity contribution in [3.05, 3.63) is 24.0 Å². The molecule has 2 aromatic rings. The molecule has 128 valence electrons. The molecule has 2 fully saturated rings. The number of benzene rings is 1. The Morgan fingerprint density at radius 2 is 2.04 bits per heavy atom. The summed E-state index contributed by atoms with van der Waals surface area (Å²) in [7, 11) is 0. The number of halogens is 1.